The number of nitrogens with two attached hydrogens (primary N) is 1. The van der Waals surface area contributed by atoms with Crippen molar-refractivity contribution in [3.05, 3.63) is 23.8 Å². The molecule has 4 heteroatoms. The lowest BCUT2D eigenvalue weighted by molar-refractivity contribution is 0.193. The number of aromatic nitrogens is 2. The van der Waals surface area contributed by atoms with Gasteiger partial charge < -0.3 is 10.5 Å². The van der Waals surface area contributed by atoms with Crippen molar-refractivity contribution in [1.29, 1.82) is 0 Å². The first-order valence-corrected chi connectivity index (χ1v) is 5.93. The standard InChI is InChI=1S/C12H19N3O/c1-2-11(13)5-9-6-14-12(15-7-9)10-3-4-16-8-10/h6-7,10-11H,2-5,8,13H2,1H3. The van der Waals surface area contributed by atoms with Gasteiger partial charge in [-0.25, -0.2) is 9.97 Å². The van der Waals surface area contributed by atoms with Crippen LogP contribution in [-0.4, -0.2) is 29.2 Å². The number of hydrogen-bond donors (Lipinski definition) is 1. The van der Waals surface area contributed by atoms with E-state index in [4.69, 9.17) is 10.5 Å². The van der Waals surface area contributed by atoms with E-state index < -0.39 is 0 Å². The smallest absolute Gasteiger partial charge is 0.133 e. The van der Waals surface area contributed by atoms with Gasteiger partial charge in [0.15, 0.2) is 0 Å². The van der Waals surface area contributed by atoms with E-state index in [-0.39, 0.29) is 6.04 Å². The van der Waals surface area contributed by atoms with Crippen LogP contribution < -0.4 is 5.73 Å². The summed E-state index contributed by atoms with van der Waals surface area (Å²) in [4.78, 5) is 8.80. The first kappa shape index (κ1) is 11.5. The highest BCUT2D eigenvalue weighted by molar-refractivity contribution is 5.09. The Morgan fingerprint density at radius 3 is 2.81 bits per heavy atom. The Hall–Kier alpha value is -1.00. The van der Waals surface area contributed by atoms with Crippen molar-refractivity contribution in [2.75, 3.05) is 13.2 Å². The van der Waals surface area contributed by atoms with Gasteiger partial charge in [-0.05, 0) is 24.8 Å². The van der Waals surface area contributed by atoms with Gasteiger partial charge in [-0.3, -0.25) is 0 Å². The minimum absolute atomic E-state index is 0.212. The topological polar surface area (TPSA) is 61.0 Å². The summed E-state index contributed by atoms with van der Waals surface area (Å²) in [5.41, 5.74) is 7.01. The van der Waals surface area contributed by atoms with Crippen LogP contribution in [0.15, 0.2) is 12.4 Å². The van der Waals surface area contributed by atoms with Crippen LogP contribution in [0.3, 0.4) is 0 Å². The third-order valence-electron chi connectivity index (χ3n) is 3.04. The summed E-state index contributed by atoms with van der Waals surface area (Å²) >= 11 is 0. The van der Waals surface area contributed by atoms with Crippen molar-refractivity contribution in [3.63, 3.8) is 0 Å². The van der Waals surface area contributed by atoms with Gasteiger partial charge >= 0.3 is 0 Å². The third kappa shape index (κ3) is 2.77. The van der Waals surface area contributed by atoms with Crippen LogP contribution in [0.1, 0.15) is 37.1 Å². The second kappa shape index (κ2) is 5.37. The first-order chi connectivity index (χ1) is 7.79. The minimum atomic E-state index is 0.212. The molecule has 0 spiro atoms. The molecule has 0 amide bonds. The number of hydrogen-bond acceptors (Lipinski definition) is 4. The minimum Gasteiger partial charge on any atom is -0.381 e. The molecule has 2 atom stereocenters. The van der Waals surface area contributed by atoms with Crippen molar-refractivity contribution < 1.29 is 4.74 Å². The van der Waals surface area contributed by atoms with E-state index in [1.54, 1.807) is 0 Å². The quantitative estimate of drug-likeness (QED) is 0.831. The summed E-state index contributed by atoms with van der Waals surface area (Å²) in [7, 11) is 0. The van der Waals surface area contributed by atoms with Crippen molar-refractivity contribution in [2.45, 2.75) is 38.1 Å². The molecule has 1 aliphatic rings. The van der Waals surface area contributed by atoms with E-state index in [0.29, 0.717) is 5.92 Å². The highest BCUT2D eigenvalue weighted by atomic mass is 16.5. The lowest BCUT2D eigenvalue weighted by Crippen LogP contribution is -2.21. The summed E-state index contributed by atoms with van der Waals surface area (Å²) < 4.78 is 5.32. The fourth-order valence-electron chi connectivity index (χ4n) is 1.87. The van der Waals surface area contributed by atoms with Gasteiger partial charge in [0.1, 0.15) is 5.82 Å². The largest absolute Gasteiger partial charge is 0.381 e. The molecule has 0 saturated carbocycles. The highest BCUT2D eigenvalue weighted by Gasteiger charge is 2.20. The SMILES string of the molecule is CCC(N)Cc1cnc(C2CCOC2)nc1. The van der Waals surface area contributed by atoms with Crippen LogP contribution in [0.5, 0.6) is 0 Å². The molecule has 1 saturated heterocycles. The van der Waals surface area contributed by atoms with Crippen molar-refractivity contribution >= 4 is 0 Å². The van der Waals surface area contributed by atoms with Crippen LogP contribution >= 0.6 is 0 Å². The fourth-order valence-corrected chi connectivity index (χ4v) is 1.87. The van der Waals surface area contributed by atoms with Gasteiger partial charge in [0.25, 0.3) is 0 Å². The highest BCUT2D eigenvalue weighted by Crippen LogP contribution is 2.21. The molecule has 1 fully saturated rings. The molecule has 1 aromatic heterocycles. The summed E-state index contributed by atoms with van der Waals surface area (Å²) in [6, 6.07) is 0.212. The average Bonchev–Trinajstić information content (AvgIpc) is 2.83. The van der Waals surface area contributed by atoms with E-state index in [9.17, 15) is 0 Å². The summed E-state index contributed by atoms with van der Waals surface area (Å²) in [5, 5.41) is 0. The predicted molar refractivity (Wildman–Crippen MR) is 62.2 cm³/mol. The molecule has 0 aliphatic carbocycles. The monoisotopic (exact) mass is 221 g/mol. The van der Waals surface area contributed by atoms with Crippen molar-refractivity contribution in [3.8, 4) is 0 Å². The Balaban J connectivity index is 1.98. The Morgan fingerprint density at radius 1 is 1.50 bits per heavy atom. The van der Waals surface area contributed by atoms with E-state index >= 15 is 0 Å². The molecule has 2 heterocycles. The predicted octanol–water partition coefficient (Wildman–Crippen LogP) is 1.26. The molecular formula is C12H19N3O. The lowest BCUT2D eigenvalue weighted by atomic mass is 10.1. The number of rotatable bonds is 4. The second-order valence-corrected chi connectivity index (χ2v) is 4.38. The molecule has 2 unspecified atom stereocenters. The lowest BCUT2D eigenvalue weighted by Gasteiger charge is -2.09. The van der Waals surface area contributed by atoms with Gasteiger partial charge in [-0.2, -0.15) is 0 Å². The number of ether oxygens (including phenoxy) is 1. The molecule has 1 aliphatic heterocycles. The molecule has 1 aromatic rings. The van der Waals surface area contributed by atoms with E-state index in [0.717, 1.165) is 43.9 Å². The Kier molecular flexibility index (Phi) is 3.85. The molecule has 4 nitrogen and oxygen atoms in total. The van der Waals surface area contributed by atoms with Gasteiger partial charge in [0.05, 0.1) is 6.61 Å². The van der Waals surface area contributed by atoms with Crippen LogP contribution in [0.25, 0.3) is 0 Å². The molecule has 88 valence electrons. The van der Waals surface area contributed by atoms with Gasteiger partial charge in [-0.15, -0.1) is 0 Å². The maximum atomic E-state index is 5.89. The molecule has 0 aromatic carbocycles. The van der Waals surface area contributed by atoms with Crippen LogP contribution in [0.4, 0.5) is 0 Å². The maximum Gasteiger partial charge on any atom is 0.133 e. The zero-order valence-electron chi connectivity index (χ0n) is 9.72. The summed E-state index contributed by atoms with van der Waals surface area (Å²) in [6.07, 6.45) is 6.68. The first-order valence-electron chi connectivity index (χ1n) is 5.93. The van der Waals surface area contributed by atoms with E-state index in [1.807, 2.05) is 12.4 Å². The summed E-state index contributed by atoms with van der Waals surface area (Å²) in [5.74, 6) is 1.29. The molecular weight excluding hydrogens is 202 g/mol. The Morgan fingerprint density at radius 2 is 2.25 bits per heavy atom. The molecule has 16 heavy (non-hydrogen) atoms. The van der Waals surface area contributed by atoms with Gasteiger partial charge in [0, 0.05) is 31.0 Å². The van der Waals surface area contributed by atoms with Crippen molar-refractivity contribution in [1.82, 2.24) is 9.97 Å². The second-order valence-electron chi connectivity index (χ2n) is 4.38. The molecule has 2 rings (SSSR count). The van der Waals surface area contributed by atoms with E-state index in [2.05, 4.69) is 16.9 Å². The van der Waals surface area contributed by atoms with Crippen LogP contribution in [0, 0.1) is 0 Å². The average molecular weight is 221 g/mol. The Labute approximate surface area is 96.2 Å². The normalized spacial score (nSPS) is 22.2. The zero-order valence-corrected chi connectivity index (χ0v) is 9.72. The molecule has 0 bridgehead atoms. The number of nitrogens with zero attached hydrogens (tertiary/aromatic N) is 2. The fraction of sp³-hybridized carbons (Fsp3) is 0.667. The summed E-state index contributed by atoms with van der Waals surface area (Å²) in [6.45, 7) is 3.68. The van der Waals surface area contributed by atoms with Crippen LogP contribution in [-0.2, 0) is 11.2 Å². The van der Waals surface area contributed by atoms with Gasteiger partial charge in [-0.1, -0.05) is 6.92 Å². The zero-order chi connectivity index (χ0) is 11.4. The van der Waals surface area contributed by atoms with Gasteiger partial charge in [0.2, 0.25) is 0 Å². The Bertz CT molecular complexity index is 320. The van der Waals surface area contributed by atoms with Crippen LogP contribution in [0.2, 0.25) is 0 Å². The third-order valence-corrected chi connectivity index (χ3v) is 3.04. The van der Waals surface area contributed by atoms with E-state index in [1.165, 1.54) is 0 Å². The van der Waals surface area contributed by atoms with Crippen molar-refractivity contribution in [2.24, 2.45) is 5.73 Å². The molecule has 0 radical (unpaired) electrons. The molecule has 2 N–H and O–H groups in total. The maximum absolute atomic E-state index is 5.89.